The normalized spacial score (nSPS) is 16.6. The van der Waals surface area contributed by atoms with E-state index in [1.165, 1.54) is 0 Å². The molecule has 1 aliphatic rings. The minimum Gasteiger partial charge on any atom is -0.315 e. The lowest BCUT2D eigenvalue weighted by atomic mass is 9.98. The number of fused-ring (bicyclic) bond motifs is 1. The van der Waals surface area contributed by atoms with Gasteiger partial charge in [0.25, 0.3) is 0 Å². The molecule has 0 saturated heterocycles. The monoisotopic (exact) mass is 270 g/mol. The van der Waals surface area contributed by atoms with Gasteiger partial charge in [0.2, 0.25) is 0 Å². The molecule has 2 heterocycles. The lowest BCUT2D eigenvalue weighted by molar-refractivity contribution is 0.0877. The van der Waals surface area contributed by atoms with Gasteiger partial charge in [-0.25, -0.2) is 0 Å². The highest BCUT2D eigenvalue weighted by Gasteiger charge is 2.22. The summed E-state index contributed by atoms with van der Waals surface area (Å²) in [5.41, 5.74) is 0.792. The number of aromatic nitrogens is 3. The van der Waals surface area contributed by atoms with E-state index in [4.69, 9.17) is 0 Å². The molecule has 104 valence electrons. The van der Waals surface area contributed by atoms with Gasteiger partial charge in [0, 0.05) is 31.1 Å². The Hall–Kier alpha value is -2.01. The SMILES string of the molecule is CC(CN1CCn2cnnc2C1)C(=O)c1ccccc1. The fourth-order valence-corrected chi connectivity index (χ4v) is 2.63. The molecule has 0 fully saturated rings. The lowest BCUT2D eigenvalue weighted by Crippen LogP contribution is -2.38. The quantitative estimate of drug-likeness (QED) is 0.792. The Labute approximate surface area is 118 Å². The second-order valence-corrected chi connectivity index (χ2v) is 5.31. The van der Waals surface area contributed by atoms with E-state index in [-0.39, 0.29) is 11.7 Å². The topological polar surface area (TPSA) is 51.0 Å². The molecule has 0 amide bonds. The predicted molar refractivity (Wildman–Crippen MR) is 75.2 cm³/mol. The summed E-state index contributed by atoms with van der Waals surface area (Å²) in [5, 5.41) is 8.02. The van der Waals surface area contributed by atoms with Crippen LogP contribution in [-0.4, -0.2) is 38.5 Å². The molecular formula is C15H18N4O. The minimum absolute atomic E-state index is 0.00753. The van der Waals surface area contributed by atoms with Crippen LogP contribution in [0.5, 0.6) is 0 Å². The van der Waals surface area contributed by atoms with Crippen LogP contribution < -0.4 is 0 Å². The maximum atomic E-state index is 12.4. The first-order chi connectivity index (χ1) is 9.74. The summed E-state index contributed by atoms with van der Waals surface area (Å²) in [4.78, 5) is 14.6. The van der Waals surface area contributed by atoms with Crippen molar-refractivity contribution in [2.75, 3.05) is 13.1 Å². The molecular weight excluding hydrogens is 252 g/mol. The number of Topliss-reactive ketones (excluding diaryl/α,β-unsaturated/α-hetero) is 1. The van der Waals surface area contributed by atoms with Crippen LogP contribution in [0.25, 0.3) is 0 Å². The summed E-state index contributed by atoms with van der Waals surface area (Å²) in [6.45, 7) is 5.37. The van der Waals surface area contributed by atoms with Gasteiger partial charge in [-0.05, 0) is 0 Å². The Morgan fingerprint density at radius 2 is 2.10 bits per heavy atom. The number of ketones is 1. The van der Waals surface area contributed by atoms with E-state index >= 15 is 0 Å². The summed E-state index contributed by atoms with van der Waals surface area (Å²) in [5.74, 6) is 1.18. The zero-order valence-corrected chi connectivity index (χ0v) is 11.6. The second-order valence-electron chi connectivity index (χ2n) is 5.31. The zero-order chi connectivity index (χ0) is 13.9. The summed E-state index contributed by atoms with van der Waals surface area (Å²) >= 11 is 0. The first kappa shape index (κ1) is 13.0. The molecule has 1 atom stereocenters. The Morgan fingerprint density at radius 3 is 2.90 bits per heavy atom. The van der Waals surface area contributed by atoms with E-state index in [2.05, 4.69) is 19.7 Å². The van der Waals surface area contributed by atoms with Crippen LogP contribution in [0.1, 0.15) is 23.1 Å². The number of rotatable bonds is 4. The van der Waals surface area contributed by atoms with Crippen molar-refractivity contribution in [2.45, 2.75) is 20.0 Å². The van der Waals surface area contributed by atoms with Crippen molar-refractivity contribution in [3.8, 4) is 0 Å². The van der Waals surface area contributed by atoms with Crippen LogP contribution >= 0.6 is 0 Å². The highest BCUT2D eigenvalue weighted by Crippen LogP contribution is 2.14. The molecule has 1 aliphatic heterocycles. The number of benzene rings is 1. The maximum Gasteiger partial charge on any atom is 0.166 e. The average Bonchev–Trinajstić information content (AvgIpc) is 2.95. The van der Waals surface area contributed by atoms with Gasteiger partial charge in [0.05, 0.1) is 6.54 Å². The molecule has 1 unspecified atom stereocenters. The standard InChI is InChI=1S/C15H18N4O/c1-12(15(20)13-5-3-2-4-6-13)9-18-7-8-19-11-16-17-14(19)10-18/h2-6,11-12H,7-10H2,1H3. The molecule has 0 N–H and O–H groups in total. The van der Waals surface area contributed by atoms with E-state index in [0.717, 1.165) is 37.6 Å². The van der Waals surface area contributed by atoms with Gasteiger partial charge in [0.15, 0.2) is 5.78 Å². The highest BCUT2D eigenvalue weighted by molar-refractivity contribution is 5.97. The molecule has 3 rings (SSSR count). The molecule has 2 aromatic rings. The first-order valence-corrected chi connectivity index (χ1v) is 6.92. The van der Waals surface area contributed by atoms with E-state index < -0.39 is 0 Å². The fourth-order valence-electron chi connectivity index (χ4n) is 2.63. The third-order valence-corrected chi connectivity index (χ3v) is 3.76. The number of carbonyl (C=O) groups is 1. The van der Waals surface area contributed by atoms with Crippen molar-refractivity contribution in [2.24, 2.45) is 5.92 Å². The average molecular weight is 270 g/mol. The van der Waals surface area contributed by atoms with Gasteiger partial charge in [-0.3, -0.25) is 9.69 Å². The van der Waals surface area contributed by atoms with Gasteiger partial charge in [-0.2, -0.15) is 0 Å². The lowest BCUT2D eigenvalue weighted by Gasteiger charge is -2.28. The van der Waals surface area contributed by atoms with E-state index in [1.54, 1.807) is 6.33 Å². The first-order valence-electron chi connectivity index (χ1n) is 6.92. The summed E-state index contributed by atoms with van der Waals surface area (Å²) in [6, 6.07) is 9.50. The number of hydrogen-bond donors (Lipinski definition) is 0. The summed E-state index contributed by atoms with van der Waals surface area (Å²) in [6.07, 6.45) is 1.77. The molecule has 5 nitrogen and oxygen atoms in total. The van der Waals surface area contributed by atoms with Gasteiger partial charge < -0.3 is 4.57 Å². The Kier molecular flexibility index (Phi) is 3.60. The van der Waals surface area contributed by atoms with Crippen molar-refractivity contribution in [1.29, 1.82) is 0 Å². The van der Waals surface area contributed by atoms with Gasteiger partial charge in [-0.1, -0.05) is 37.3 Å². The Bertz CT molecular complexity index is 593. The van der Waals surface area contributed by atoms with Crippen LogP contribution in [0, 0.1) is 5.92 Å². The van der Waals surface area contributed by atoms with Crippen LogP contribution in [0.4, 0.5) is 0 Å². The van der Waals surface area contributed by atoms with Crippen LogP contribution in [0.15, 0.2) is 36.7 Å². The molecule has 0 bridgehead atoms. The Balaban J connectivity index is 1.63. The maximum absolute atomic E-state index is 12.4. The molecule has 5 heteroatoms. The summed E-state index contributed by atoms with van der Waals surface area (Å²) < 4.78 is 2.07. The Morgan fingerprint density at radius 1 is 1.30 bits per heavy atom. The summed E-state index contributed by atoms with van der Waals surface area (Å²) in [7, 11) is 0. The zero-order valence-electron chi connectivity index (χ0n) is 11.6. The van der Waals surface area contributed by atoms with Crippen LogP contribution in [0.2, 0.25) is 0 Å². The van der Waals surface area contributed by atoms with Crippen LogP contribution in [-0.2, 0) is 13.1 Å². The number of hydrogen-bond acceptors (Lipinski definition) is 4. The number of carbonyl (C=O) groups excluding carboxylic acids is 1. The predicted octanol–water partition coefficient (Wildman–Crippen LogP) is 1.61. The fraction of sp³-hybridized carbons (Fsp3) is 0.400. The molecule has 1 aromatic heterocycles. The molecule has 0 radical (unpaired) electrons. The smallest absolute Gasteiger partial charge is 0.166 e. The van der Waals surface area contributed by atoms with Gasteiger partial charge in [-0.15, -0.1) is 10.2 Å². The van der Waals surface area contributed by atoms with E-state index in [0.29, 0.717) is 0 Å². The van der Waals surface area contributed by atoms with Crippen molar-refractivity contribution in [3.63, 3.8) is 0 Å². The van der Waals surface area contributed by atoms with Crippen molar-refractivity contribution in [3.05, 3.63) is 48.0 Å². The van der Waals surface area contributed by atoms with E-state index in [9.17, 15) is 4.79 Å². The van der Waals surface area contributed by atoms with Crippen molar-refractivity contribution >= 4 is 5.78 Å². The second kappa shape index (κ2) is 5.54. The molecule has 0 spiro atoms. The highest BCUT2D eigenvalue weighted by atomic mass is 16.1. The third-order valence-electron chi connectivity index (χ3n) is 3.76. The minimum atomic E-state index is -0.00753. The van der Waals surface area contributed by atoms with Crippen LogP contribution in [0.3, 0.4) is 0 Å². The van der Waals surface area contributed by atoms with Gasteiger partial charge in [0.1, 0.15) is 12.2 Å². The molecule has 20 heavy (non-hydrogen) atoms. The van der Waals surface area contributed by atoms with E-state index in [1.807, 2.05) is 37.3 Å². The van der Waals surface area contributed by atoms with Gasteiger partial charge >= 0.3 is 0 Å². The largest absolute Gasteiger partial charge is 0.315 e. The molecule has 1 aromatic carbocycles. The number of nitrogens with zero attached hydrogens (tertiary/aromatic N) is 4. The third kappa shape index (κ3) is 2.63. The van der Waals surface area contributed by atoms with Crippen molar-refractivity contribution < 1.29 is 4.79 Å². The molecule has 0 saturated carbocycles. The molecule has 0 aliphatic carbocycles. The van der Waals surface area contributed by atoms with Crippen molar-refractivity contribution in [1.82, 2.24) is 19.7 Å².